The van der Waals surface area contributed by atoms with Crippen molar-refractivity contribution in [1.82, 2.24) is 0 Å². The lowest BCUT2D eigenvalue weighted by atomic mass is 9.86. The second-order valence-corrected chi connectivity index (χ2v) is 8.03. The third kappa shape index (κ3) is 8.59. The molecule has 0 heterocycles. The summed E-state index contributed by atoms with van der Waals surface area (Å²) < 4.78 is 23.3. The molecule has 4 atom stereocenters. The average molecular weight is 452 g/mol. The minimum absolute atomic E-state index is 0.0670. The van der Waals surface area contributed by atoms with Crippen molar-refractivity contribution < 1.29 is 34.1 Å². The van der Waals surface area contributed by atoms with E-state index in [1.54, 1.807) is 6.92 Å². The third-order valence-corrected chi connectivity index (χ3v) is 5.68. The van der Waals surface area contributed by atoms with E-state index < -0.39 is 12.2 Å². The highest BCUT2D eigenvalue weighted by atomic mass is 19.1. The van der Waals surface area contributed by atoms with Crippen LogP contribution in [0.15, 0.2) is 41.6 Å². The third-order valence-electron chi connectivity index (χ3n) is 5.68. The van der Waals surface area contributed by atoms with Crippen LogP contribution in [0.5, 0.6) is 5.75 Å². The fourth-order valence-electron chi connectivity index (χ4n) is 4.00. The topological polar surface area (TPSA) is 109 Å². The van der Waals surface area contributed by atoms with Crippen LogP contribution in [0.4, 0.5) is 4.39 Å². The van der Waals surface area contributed by atoms with E-state index in [0.717, 1.165) is 6.42 Å². The summed E-state index contributed by atoms with van der Waals surface area (Å²) in [5, 5.41) is 33.4. The van der Waals surface area contributed by atoms with Gasteiger partial charge in [-0.15, -0.1) is 0 Å². The van der Waals surface area contributed by atoms with E-state index in [1.165, 1.54) is 24.3 Å². The largest absolute Gasteiger partial charge is 0.491 e. The number of allylic oxidation sites excluding steroid dienone is 2. The summed E-state index contributed by atoms with van der Waals surface area (Å²) in [5.41, 5.74) is 0.546. The highest BCUT2D eigenvalue weighted by Crippen LogP contribution is 2.36. The minimum Gasteiger partial charge on any atom is -0.491 e. The number of ether oxygens (including phenoxy) is 2. The molecule has 1 aliphatic carbocycles. The van der Waals surface area contributed by atoms with Gasteiger partial charge in [-0.05, 0) is 69.2 Å². The van der Waals surface area contributed by atoms with Gasteiger partial charge in [0.25, 0.3) is 0 Å². The molecule has 0 bridgehead atoms. The van der Waals surface area contributed by atoms with Crippen LogP contribution in [0.2, 0.25) is 0 Å². The molecule has 0 radical (unpaired) electrons. The number of aliphatic hydroxyl groups is 2. The molecule has 4 unspecified atom stereocenters. The Morgan fingerprint density at radius 3 is 2.75 bits per heavy atom. The van der Waals surface area contributed by atoms with Gasteiger partial charge >= 0.3 is 5.97 Å². The Morgan fingerprint density at radius 2 is 2.06 bits per heavy atom. The van der Waals surface area contributed by atoms with Gasteiger partial charge in [-0.2, -0.15) is 0 Å². The first-order valence-electron chi connectivity index (χ1n) is 11.2. The van der Waals surface area contributed by atoms with Crippen molar-refractivity contribution in [3.8, 4) is 5.75 Å². The van der Waals surface area contributed by atoms with Gasteiger partial charge in [0.15, 0.2) is 0 Å². The Bertz CT molecular complexity index is 751. The number of aliphatic hydroxyl groups excluding tert-OH is 2. The number of nitrogens with zero attached hydrogens (tertiary/aromatic N) is 1. The zero-order chi connectivity index (χ0) is 23.3. The summed E-state index contributed by atoms with van der Waals surface area (Å²) in [5.74, 6) is -0.317. The quantitative estimate of drug-likeness (QED) is 0.138. The molecule has 0 saturated heterocycles. The number of hydrogen-bond acceptors (Lipinski definition) is 7. The molecule has 7 nitrogen and oxygen atoms in total. The zero-order valence-electron chi connectivity index (χ0n) is 18.5. The summed E-state index contributed by atoms with van der Waals surface area (Å²) in [7, 11) is 0. The van der Waals surface area contributed by atoms with Crippen molar-refractivity contribution in [2.45, 2.75) is 64.1 Å². The van der Waals surface area contributed by atoms with Crippen molar-refractivity contribution >= 4 is 11.7 Å². The Hall–Kier alpha value is -2.45. The molecule has 0 amide bonds. The Balaban J connectivity index is 1.78. The summed E-state index contributed by atoms with van der Waals surface area (Å²) in [6.07, 6.45) is 6.34. The van der Waals surface area contributed by atoms with Crippen LogP contribution in [-0.4, -0.2) is 52.5 Å². The molecular formula is C24H34FNO6. The van der Waals surface area contributed by atoms with E-state index in [9.17, 15) is 24.6 Å². The lowest BCUT2D eigenvalue weighted by Gasteiger charge is -2.22. The van der Waals surface area contributed by atoms with Crippen LogP contribution in [0.25, 0.3) is 0 Å². The van der Waals surface area contributed by atoms with Crippen molar-refractivity contribution in [1.29, 1.82) is 0 Å². The molecule has 3 N–H and O–H groups in total. The Kier molecular flexibility index (Phi) is 11.2. The number of carbonyl (C=O) groups excluding carboxylic acids is 1. The lowest BCUT2D eigenvalue weighted by Crippen LogP contribution is -2.24. The molecule has 0 spiro atoms. The predicted molar refractivity (Wildman–Crippen MR) is 118 cm³/mol. The smallest absolute Gasteiger partial charge is 0.305 e. The second kappa shape index (κ2) is 13.9. The van der Waals surface area contributed by atoms with E-state index in [1.807, 2.05) is 12.2 Å². The van der Waals surface area contributed by atoms with Gasteiger partial charge in [-0.1, -0.05) is 17.3 Å². The van der Waals surface area contributed by atoms with Gasteiger partial charge in [0.05, 0.1) is 24.5 Å². The first kappa shape index (κ1) is 25.8. The lowest BCUT2D eigenvalue weighted by molar-refractivity contribution is -0.143. The molecule has 2 rings (SSSR count). The molecule has 1 aromatic carbocycles. The molecule has 1 aliphatic rings. The number of carbonyl (C=O) groups is 1. The van der Waals surface area contributed by atoms with Gasteiger partial charge in [-0.25, -0.2) is 4.39 Å². The molecule has 0 aliphatic heterocycles. The van der Waals surface area contributed by atoms with E-state index in [0.29, 0.717) is 56.6 Å². The fraction of sp³-hybridized carbons (Fsp3) is 0.583. The van der Waals surface area contributed by atoms with Crippen LogP contribution >= 0.6 is 0 Å². The van der Waals surface area contributed by atoms with Gasteiger partial charge < -0.3 is 24.9 Å². The molecule has 0 aromatic heterocycles. The van der Waals surface area contributed by atoms with Crippen LogP contribution in [0.1, 0.15) is 51.9 Å². The highest BCUT2D eigenvalue weighted by molar-refractivity contribution is 5.89. The standard InChI is InChI=1S/C24H34FNO6/c1-2-31-24(29)8-6-4-3-5-7-21-20(22(26-30)15-23(21)28)14-11-18(27)16-32-19-12-9-17(25)10-13-19/h3,5,9-10,12-13,18,20-21,23,27-28,30H,2,4,6-8,11,14-16H2,1H3/b5-3+,26-22-. The maximum absolute atomic E-state index is 12.9. The Morgan fingerprint density at radius 1 is 1.31 bits per heavy atom. The number of benzene rings is 1. The number of unbranched alkanes of at least 4 members (excludes halogenated alkanes) is 1. The van der Waals surface area contributed by atoms with Gasteiger partial charge in [0, 0.05) is 18.8 Å². The summed E-state index contributed by atoms with van der Waals surface area (Å²) in [6.45, 7) is 2.23. The Labute approximate surface area is 188 Å². The van der Waals surface area contributed by atoms with Crippen molar-refractivity contribution in [3.05, 3.63) is 42.2 Å². The molecule has 1 fully saturated rings. The molecule has 1 aromatic rings. The van der Waals surface area contributed by atoms with E-state index in [-0.39, 0.29) is 30.2 Å². The van der Waals surface area contributed by atoms with Gasteiger partial charge in [-0.3, -0.25) is 4.79 Å². The summed E-state index contributed by atoms with van der Waals surface area (Å²) in [6, 6.07) is 5.59. The SMILES string of the molecule is CCOC(=O)CCC/C=C/CC1C(O)C/C(=N/O)C1CCC(O)COc1ccc(F)cc1. The maximum Gasteiger partial charge on any atom is 0.305 e. The summed E-state index contributed by atoms with van der Waals surface area (Å²) >= 11 is 0. The van der Waals surface area contributed by atoms with Crippen molar-refractivity contribution in [3.63, 3.8) is 0 Å². The zero-order valence-corrected chi connectivity index (χ0v) is 18.5. The first-order chi connectivity index (χ1) is 15.4. The number of oxime groups is 1. The maximum atomic E-state index is 12.9. The molecule has 178 valence electrons. The molecular weight excluding hydrogens is 417 g/mol. The molecule has 32 heavy (non-hydrogen) atoms. The van der Waals surface area contributed by atoms with E-state index in [4.69, 9.17) is 9.47 Å². The van der Waals surface area contributed by atoms with Crippen molar-refractivity contribution in [2.75, 3.05) is 13.2 Å². The molecule has 8 heteroatoms. The molecule has 1 saturated carbocycles. The monoisotopic (exact) mass is 451 g/mol. The minimum atomic E-state index is -0.739. The van der Waals surface area contributed by atoms with Crippen LogP contribution < -0.4 is 4.74 Å². The summed E-state index contributed by atoms with van der Waals surface area (Å²) in [4.78, 5) is 11.3. The number of hydrogen-bond donors (Lipinski definition) is 3. The van der Waals surface area contributed by atoms with Crippen molar-refractivity contribution in [2.24, 2.45) is 17.0 Å². The van der Waals surface area contributed by atoms with Crippen LogP contribution in [0.3, 0.4) is 0 Å². The first-order valence-corrected chi connectivity index (χ1v) is 11.2. The van der Waals surface area contributed by atoms with Gasteiger partial charge in [0.2, 0.25) is 0 Å². The van der Waals surface area contributed by atoms with Crippen LogP contribution in [0, 0.1) is 17.7 Å². The van der Waals surface area contributed by atoms with E-state index in [2.05, 4.69) is 5.16 Å². The average Bonchev–Trinajstić information content (AvgIpc) is 3.08. The van der Waals surface area contributed by atoms with Gasteiger partial charge in [0.1, 0.15) is 18.2 Å². The predicted octanol–water partition coefficient (Wildman–Crippen LogP) is 3.85. The second-order valence-electron chi connectivity index (χ2n) is 8.03. The highest BCUT2D eigenvalue weighted by Gasteiger charge is 2.39. The number of rotatable bonds is 13. The van der Waals surface area contributed by atoms with E-state index >= 15 is 0 Å². The number of halogens is 1. The fourth-order valence-corrected chi connectivity index (χ4v) is 4.00. The number of esters is 1. The van der Waals surface area contributed by atoms with Crippen LogP contribution in [-0.2, 0) is 9.53 Å². The normalized spacial score (nSPS) is 23.0.